The second-order valence-electron chi connectivity index (χ2n) is 7.61. The van der Waals surface area contributed by atoms with Crippen LogP contribution >= 0.6 is 31.9 Å². The van der Waals surface area contributed by atoms with Gasteiger partial charge in [-0.05, 0) is 44.4 Å². The summed E-state index contributed by atoms with van der Waals surface area (Å²) in [5, 5.41) is 0. The summed E-state index contributed by atoms with van der Waals surface area (Å²) in [7, 11) is 0. The lowest BCUT2D eigenvalue weighted by atomic mass is 9.81. The second kappa shape index (κ2) is 6.08. The fourth-order valence-electron chi connectivity index (χ4n) is 5.24. The number of amides is 3. The van der Waals surface area contributed by atoms with E-state index in [0.29, 0.717) is 0 Å². The van der Waals surface area contributed by atoms with Gasteiger partial charge in [0.15, 0.2) is 0 Å². The summed E-state index contributed by atoms with van der Waals surface area (Å²) in [5.41, 5.74) is 0. The lowest BCUT2D eigenvalue weighted by molar-refractivity contribution is -0.152. The van der Waals surface area contributed by atoms with Crippen molar-refractivity contribution < 1.29 is 14.4 Å². The molecule has 0 aromatic rings. The van der Waals surface area contributed by atoms with Gasteiger partial charge in [0.1, 0.15) is 6.04 Å². The Kier molecular flexibility index (Phi) is 4.31. The first kappa shape index (κ1) is 17.0. The van der Waals surface area contributed by atoms with Gasteiger partial charge in [0.2, 0.25) is 17.7 Å². The van der Waals surface area contributed by atoms with Crippen molar-refractivity contribution in [3.63, 3.8) is 0 Å². The van der Waals surface area contributed by atoms with Crippen molar-refractivity contribution in [3.05, 3.63) is 0 Å². The minimum absolute atomic E-state index is 0.0745. The molecule has 4 aliphatic rings. The summed E-state index contributed by atoms with van der Waals surface area (Å²) in [6, 6.07) is -0.671. The molecule has 0 aromatic carbocycles. The molecular weight excluding hydrogens is 440 g/mol. The number of hydrogen-bond acceptors (Lipinski definition) is 3. The predicted octanol–water partition coefficient (Wildman–Crippen LogP) is 2.17. The Morgan fingerprint density at radius 3 is 2.00 bits per heavy atom. The number of fused-ring (bicyclic) bond motifs is 5. The SMILES string of the molecule is C[C@H](C(=O)N1CCCCC1)N1C(=O)[C@H]2[C@@H]3C[C@H]([C@@H](Br)[C@H]3Br)[C@@H]2C1=O. The van der Waals surface area contributed by atoms with Gasteiger partial charge in [0.05, 0.1) is 11.8 Å². The van der Waals surface area contributed by atoms with Gasteiger partial charge in [-0.2, -0.15) is 0 Å². The average Bonchev–Trinajstić information content (AvgIpc) is 3.19. The van der Waals surface area contributed by atoms with E-state index in [1.165, 1.54) is 4.90 Å². The van der Waals surface area contributed by atoms with Crippen molar-refractivity contribution in [2.24, 2.45) is 23.7 Å². The topological polar surface area (TPSA) is 57.7 Å². The van der Waals surface area contributed by atoms with E-state index >= 15 is 0 Å². The molecule has 2 bridgehead atoms. The van der Waals surface area contributed by atoms with Crippen LogP contribution in [0.3, 0.4) is 0 Å². The van der Waals surface area contributed by atoms with E-state index in [1.54, 1.807) is 6.92 Å². The van der Waals surface area contributed by atoms with E-state index in [2.05, 4.69) is 31.9 Å². The Labute approximate surface area is 158 Å². The number of rotatable bonds is 2. The summed E-state index contributed by atoms with van der Waals surface area (Å²) < 4.78 is 0. The molecule has 5 nitrogen and oxygen atoms in total. The zero-order chi connectivity index (χ0) is 17.2. The summed E-state index contributed by atoms with van der Waals surface area (Å²) >= 11 is 7.38. The van der Waals surface area contributed by atoms with Crippen LogP contribution in [0.2, 0.25) is 0 Å². The molecule has 0 spiro atoms. The second-order valence-corrected chi connectivity index (χ2v) is 9.73. The molecule has 2 saturated heterocycles. The molecule has 4 fully saturated rings. The van der Waals surface area contributed by atoms with Crippen LogP contribution in [0.5, 0.6) is 0 Å². The van der Waals surface area contributed by atoms with Gasteiger partial charge in [-0.15, -0.1) is 0 Å². The molecule has 0 radical (unpaired) electrons. The van der Waals surface area contributed by atoms with Crippen molar-refractivity contribution in [1.29, 1.82) is 0 Å². The van der Waals surface area contributed by atoms with Crippen LogP contribution in [0.25, 0.3) is 0 Å². The minimum atomic E-state index is -0.671. The van der Waals surface area contributed by atoms with Crippen molar-refractivity contribution >= 4 is 49.6 Å². The van der Waals surface area contributed by atoms with Gasteiger partial charge in [0.25, 0.3) is 0 Å². The standard InChI is InChI=1S/C17H22Br2N2O3/c1-8(15(22)20-5-3-2-4-6-20)21-16(23)11-9-7-10(12(11)17(21)24)14(19)13(9)18/h8-14H,2-7H2,1H3/t8-,9+,10+,11+,12+,13-,14+/m1/s1. The maximum Gasteiger partial charge on any atom is 0.245 e. The number of alkyl halides is 2. The number of carbonyl (C=O) groups excluding carboxylic acids is 3. The maximum absolute atomic E-state index is 13.0. The van der Waals surface area contributed by atoms with E-state index in [9.17, 15) is 14.4 Å². The summed E-state index contributed by atoms with van der Waals surface area (Å²) in [6.45, 7) is 3.20. The zero-order valence-corrected chi connectivity index (χ0v) is 16.8. The van der Waals surface area contributed by atoms with Crippen LogP contribution in [0.1, 0.15) is 32.6 Å². The van der Waals surface area contributed by atoms with Gasteiger partial charge in [-0.3, -0.25) is 19.3 Å². The highest BCUT2D eigenvalue weighted by molar-refractivity contribution is 9.12. The summed E-state index contributed by atoms with van der Waals surface area (Å²) in [5.74, 6) is -0.409. The molecule has 3 amide bonds. The molecule has 7 atom stereocenters. The molecule has 2 aliphatic heterocycles. The van der Waals surface area contributed by atoms with E-state index in [1.807, 2.05) is 4.90 Å². The fourth-order valence-corrected chi connectivity index (χ4v) is 7.12. The number of likely N-dealkylation sites (tertiary alicyclic amines) is 2. The van der Waals surface area contributed by atoms with Crippen LogP contribution in [-0.4, -0.2) is 56.3 Å². The zero-order valence-electron chi connectivity index (χ0n) is 13.7. The van der Waals surface area contributed by atoms with Crippen LogP contribution in [0.15, 0.2) is 0 Å². The lowest BCUT2D eigenvalue weighted by Gasteiger charge is -2.32. The summed E-state index contributed by atoms with van der Waals surface area (Å²) in [4.78, 5) is 42.3. The monoisotopic (exact) mass is 460 g/mol. The Morgan fingerprint density at radius 1 is 1.00 bits per heavy atom. The van der Waals surface area contributed by atoms with Gasteiger partial charge >= 0.3 is 0 Å². The van der Waals surface area contributed by atoms with Crippen LogP contribution in [0, 0.1) is 23.7 Å². The highest BCUT2D eigenvalue weighted by atomic mass is 79.9. The smallest absolute Gasteiger partial charge is 0.245 e. The molecule has 0 unspecified atom stereocenters. The maximum atomic E-state index is 13.0. The van der Waals surface area contributed by atoms with Crippen molar-refractivity contribution in [3.8, 4) is 0 Å². The van der Waals surface area contributed by atoms with Crippen molar-refractivity contribution in [2.75, 3.05) is 13.1 Å². The fraction of sp³-hybridized carbons (Fsp3) is 0.824. The summed E-state index contributed by atoms with van der Waals surface area (Å²) in [6.07, 6.45) is 4.08. The first-order valence-corrected chi connectivity index (χ1v) is 10.7. The van der Waals surface area contributed by atoms with E-state index in [4.69, 9.17) is 0 Å². The minimum Gasteiger partial charge on any atom is -0.341 e. The number of carbonyl (C=O) groups is 3. The van der Waals surface area contributed by atoms with Crippen molar-refractivity contribution in [2.45, 2.75) is 48.3 Å². The molecule has 4 rings (SSSR count). The number of nitrogens with zero attached hydrogens (tertiary/aromatic N) is 2. The Hall–Kier alpha value is -0.430. The van der Waals surface area contributed by atoms with Crippen LogP contribution in [0.4, 0.5) is 0 Å². The van der Waals surface area contributed by atoms with Gasteiger partial charge in [-0.1, -0.05) is 31.9 Å². The molecular formula is C17H22Br2N2O3. The third-order valence-electron chi connectivity index (χ3n) is 6.43. The molecule has 2 saturated carbocycles. The Bertz CT molecular complexity index is 560. The number of imide groups is 1. The molecule has 7 heteroatoms. The first-order chi connectivity index (χ1) is 11.4. The molecule has 0 aromatic heterocycles. The molecule has 2 heterocycles. The molecule has 132 valence electrons. The van der Waals surface area contributed by atoms with Gasteiger partial charge in [0, 0.05) is 22.7 Å². The average molecular weight is 462 g/mol. The van der Waals surface area contributed by atoms with E-state index < -0.39 is 6.04 Å². The molecule has 2 aliphatic carbocycles. The molecule has 24 heavy (non-hydrogen) atoms. The van der Waals surface area contributed by atoms with Gasteiger partial charge < -0.3 is 4.90 Å². The van der Waals surface area contributed by atoms with Crippen molar-refractivity contribution in [1.82, 2.24) is 9.80 Å². The number of hydrogen-bond donors (Lipinski definition) is 0. The van der Waals surface area contributed by atoms with Gasteiger partial charge in [-0.25, -0.2) is 0 Å². The Morgan fingerprint density at radius 2 is 1.50 bits per heavy atom. The first-order valence-electron chi connectivity index (χ1n) is 8.87. The van der Waals surface area contributed by atoms with E-state index in [0.717, 1.165) is 38.8 Å². The largest absolute Gasteiger partial charge is 0.341 e. The number of piperidine rings is 1. The third kappa shape index (κ3) is 2.26. The van der Waals surface area contributed by atoms with E-state index in [-0.39, 0.29) is 51.0 Å². The Balaban J connectivity index is 1.56. The quantitative estimate of drug-likeness (QED) is 0.467. The lowest BCUT2D eigenvalue weighted by Crippen LogP contribution is -2.51. The third-order valence-corrected chi connectivity index (χ3v) is 9.64. The molecule has 0 N–H and O–H groups in total. The van der Waals surface area contributed by atoms with Crippen LogP contribution in [-0.2, 0) is 14.4 Å². The van der Waals surface area contributed by atoms with Crippen LogP contribution < -0.4 is 0 Å². The highest BCUT2D eigenvalue weighted by Crippen LogP contribution is 2.60. The number of halogens is 2. The highest BCUT2D eigenvalue weighted by Gasteiger charge is 2.67. The normalized spacial score (nSPS) is 42.6. The predicted molar refractivity (Wildman–Crippen MR) is 95.8 cm³/mol.